The summed E-state index contributed by atoms with van der Waals surface area (Å²) in [5.41, 5.74) is 2.35. The number of carbonyl (C=O) groups excluding carboxylic acids is 2. The van der Waals surface area contributed by atoms with Crippen molar-refractivity contribution in [2.45, 2.75) is 45.6 Å². The standard InChI is InChI=1S/C20H29N3O2/c1-3-21-20(25)23-13-17(19(24)22-12-15-7-8-15)9-10-18(23)16-6-4-5-14(2)11-16/h4-6,11,15,17-18H,3,7-10,12-13H2,1-2H3,(H,21,25)(H,22,24). The molecule has 2 fully saturated rings. The van der Waals surface area contributed by atoms with Gasteiger partial charge in [0.15, 0.2) is 0 Å². The smallest absolute Gasteiger partial charge is 0.317 e. The molecule has 136 valence electrons. The first-order valence-corrected chi connectivity index (χ1v) is 9.47. The maximum atomic E-state index is 12.6. The Labute approximate surface area is 150 Å². The minimum absolute atomic E-state index is 0.0407. The Bertz CT molecular complexity index is 627. The van der Waals surface area contributed by atoms with Crippen LogP contribution in [0.3, 0.4) is 0 Å². The molecule has 5 nitrogen and oxygen atoms in total. The van der Waals surface area contributed by atoms with Gasteiger partial charge in [0.25, 0.3) is 0 Å². The molecule has 3 rings (SSSR count). The molecule has 1 saturated heterocycles. The molecule has 0 radical (unpaired) electrons. The molecule has 1 aliphatic carbocycles. The second kappa shape index (κ2) is 7.89. The van der Waals surface area contributed by atoms with Crippen LogP contribution in [0.5, 0.6) is 0 Å². The molecular formula is C20H29N3O2. The Morgan fingerprint density at radius 1 is 1.16 bits per heavy atom. The molecule has 1 aromatic carbocycles. The van der Waals surface area contributed by atoms with Crippen molar-refractivity contribution in [1.29, 1.82) is 0 Å². The van der Waals surface area contributed by atoms with Crippen LogP contribution in [0.4, 0.5) is 4.79 Å². The second-order valence-electron chi connectivity index (χ2n) is 7.38. The third kappa shape index (κ3) is 4.53. The lowest BCUT2D eigenvalue weighted by atomic mass is 9.88. The zero-order chi connectivity index (χ0) is 17.8. The predicted octanol–water partition coefficient (Wildman–Crippen LogP) is 3.00. The third-order valence-electron chi connectivity index (χ3n) is 5.23. The lowest BCUT2D eigenvalue weighted by Crippen LogP contribution is -2.50. The van der Waals surface area contributed by atoms with E-state index in [4.69, 9.17) is 0 Å². The summed E-state index contributed by atoms with van der Waals surface area (Å²) in [5, 5.41) is 5.98. The van der Waals surface area contributed by atoms with Gasteiger partial charge in [-0.05, 0) is 51.0 Å². The molecule has 5 heteroatoms. The molecule has 25 heavy (non-hydrogen) atoms. The van der Waals surface area contributed by atoms with Gasteiger partial charge >= 0.3 is 6.03 Å². The first-order chi connectivity index (χ1) is 12.1. The van der Waals surface area contributed by atoms with Gasteiger partial charge in [-0.2, -0.15) is 0 Å². The van der Waals surface area contributed by atoms with E-state index in [1.54, 1.807) is 0 Å². The molecule has 0 aromatic heterocycles. The van der Waals surface area contributed by atoms with Gasteiger partial charge in [0.2, 0.25) is 5.91 Å². The summed E-state index contributed by atoms with van der Waals surface area (Å²) in [6.07, 6.45) is 4.10. The minimum Gasteiger partial charge on any atom is -0.356 e. The van der Waals surface area contributed by atoms with E-state index in [9.17, 15) is 9.59 Å². The van der Waals surface area contributed by atoms with Crippen LogP contribution in [0, 0.1) is 18.8 Å². The maximum Gasteiger partial charge on any atom is 0.317 e. The molecule has 2 unspecified atom stereocenters. The number of benzene rings is 1. The van der Waals surface area contributed by atoms with Crippen LogP contribution >= 0.6 is 0 Å². The SMILES string of the molecule is CCNC(=O)N1CC(C(=O)NCC2CC2)CCC1c1cccc(C)c1. The topological polar surface area (TPSA) is 61.4 Å². The van der Waals surface area contributed by atoms with Crippen molar-refractivity contribution in [3.63, 3.8) is 0 Å². The van der Waals surface area contributed by atoms with E-state index in [0.29, 0.717) is 19.0 Å². The number of nitrogens with one attached hydrogen (secondary N) is 2. The van der Waals surface area contributed by atoms with Crippen molar-refractivity contribution in [3.8, 4) is 0 Å². The molecule has 0 spiro atoms. The van der Waals surface area contributed by atoms with E-state index in [2.05, 4.69) is 35.8 Å². The minimum atomic E-state index is -0.109. The third-order valence-corrected chi connectivity index (χ3v) is 5.23. The molecular weight excluding hydrogens is 314 g/mol. The zero-order valence-electron chi connectivity index (χ0n) is 15.3. The largest absolute Gasteiger partial charge is 0.356 e. The van der Waals surface area contributed by atoms with E-state index >= 15 is 0 Å². The Balaban J connectivity index is 1.71. The number of hydrogen-bond acceptors (Lipinski definition) is 2. The summed E-state index contributed by atoms with van der Waals surface area (Å²) in [7, 11) is 0. The van der Waals surface area contributed by atoms with Crippen LogP contribution in [-0.2, 0) is 4.79 Å². The van der Waals surface area contributed by atoms with Gasteiger partial charge in [-0.15, -0.1) is 0 Å². The van der Waals surface area contributed by atoms with E-state index in [0.717, 1.165) is 24.9 Å². The Kier molecular flexibility index (Phi) is 5.61. The van der Waals surface area contributed by atoms with Crippen molar-refractivity contribution in [2.75, 3.05) is 19.6 Å². The highest BCUT2D eigenvalue weighted by molar-refractivity contribution is 5.81. The van der Waals surface area contributed by atoms with Crippen LogP contribution in [0.1, 0.15) is 49.8 Å². The Morgan fingerprint density at radius 2 is 1.96 bits per heavy atom. The number of urea groups is 1. The fourth-order valence-corrected chi connectivity index (χ4v) is 3.60. The summed E-state index contributed by atoms with van der Waals surface area (Å²) in [6.45, 7) is 5.85. The number of nitrogens with zero attached hydrogens (tertiary/aromatic N) is 1. The van der Waals surface area contributed by atoms with Crippen molar-refractivity contribution in [2.24, 2.45) is 11.8 Å². The molecule has 2 N–H and O–H groups in total. The van der Waals surface area contributed by atoms with Crippen LogP contribution < -0.4 is 10.6 Å². The second-order valence-corrected chi connectivity index (χ2v) is 7.38. The summed E-state index contributed by atoms with van der Waals surface area (Å²) >= 11 is 0. The summed E-state index contributed by atoms with van der Waals surface area (Å²) in [5.74, 6) is 0.665. The van der Waals surface area contributed by atoms with Crippen molar-refractivity contribution in [3.05, 3.63) is 35.4 Å². The highest BCUT2D eigenvalue weighted by Crippen LogP contribution is 2.34. The number of amides is 3. The maximum absolute atomic E-state index is 12.6. The van der Waals surface area contributed by atoms with Gasteiger partial charge in [-0.1, -0.05) is 29.8 Å². The first kappa shape index (κ1) is 17.8. The number of rotatable bonds is 5. The quantitative estimate of drug-likeness (QED) is 0.863. The highest BCUT2D eigenvalue weighted by atomic mass is 16.2. The number of carbonyl (C=O) groups is 2. The Hall–Kier alpha value is -2.04. The van der Waals surface area contributed by atoms with Crippen LogP contribution in [0.25, 0.3) is 0 Å². The fraction of sp³-hybridized carbons (Fsp3) is 0.600. The van der Waals surface area contributed by atoms with Gasteiger partial charge in [0, 0.05) is 19.6 Å². The summed E-state index contributed by atoms with van der Waals surface area (Å²) in [6, 6.07) is 8.29. The first-order valence-electron chi connectivity index (χ1n) is 9.47. The molecule has 3 amide bonds. The van der Waals surface area contributed by atoms with Crippen LogP contribution in [0.15, 0.2) is 24.3 Å². The number of hydrogen-bond donors (Lipinski definition) is 2. The normalized spacial score (nSPS) is 23.2. The predicted molar refractivity (Wildman–Crippen MR) is 98.2 cm³/mol. The Morgan fingerprint density at radius 3 is 2.64 bits per heavy atom. The van der Waals surface area contributed by atoms with Crippen molar-refractivity contribution >= 4 is 11.9 Å². The number of aryl methyl sites for hydroxylation is 1. The lowest BCUT2D eigenvalue weighted by Gasteiger charge is -2.39. The zero-order valence-corrected chi connectivity index (χ0v) is 15.3. The van der Waals surface area contributed by atoms with Gasteiger partial charge in [0.1, 0.15) is 0 Å². The van der Waals surface area contributed by atoms with Crippen LogP contribution in [0.2, 0.25) is 0 Å². The van der Waals surface area contributed by atoms with E-state index in [-0.39, 0.29) is 23.9 Å². The van der Waals surface area contributed by atoms with E-state index in [1.165, 1.54) is 18.4 Å². The molecule has 1 aromatic rings. The summed E-state index contributed by atoms with van der Waals surface area (Å²) < 4.78 is 0. The van der Waals surface area contributed by atoms with E-state index in [1.807, 2.05) is 17.9 Å². The monoisotopic (exact) mass is 343 g/mol. The van der Waals surface area contributed by atoms with Gasteiger partial charge < -0.3 is 15.5 Å². The highest BCUT2D eigenvalue weighted by Gasteiger charge is 2.35. The number of piperidine rings is 1. The molecule has 2 aliphatic rings. The van der Waals surface area contributed by atoms with Gasteiger partial charge in [-0.25, -0.2) is 4.79 Å². The van der Waals surface area contributed by atoms with Crippen LogP contribution in [-0.4, -0.2) is 36.5 Å². The summed E-state index contributed by atoms with van der Waals surface area (Å²) in [4.78, 5) is 26.9. The molecule has 1 saturated carbocycles. The van der Waals surface area contributed by atoms with Crippen molar-refractivity contribution < 1.29 is 9.59 Å². The van der Waals surface area contributed by atoms with E-state index < -0.39 is 0 Å². The molecule has 0 bridgehead atoms. The average molecular weight is 343 g/mol. The van der Waals surface area contributed by atoms with Gasteiger partial charge in [0.05, 0.1) is 12.0 Å². The van der Waals surface area contributed by atoms with Gasteiger partial charge in [-0.3, -0.25) is 4.79 Å². The molecule has 2 atom stereocenters. The average Bonchev–Trinajstić information content (AvgIpc) is 3.44. The molecule has 1 heterocycles. The lowest BCUT2D eigenvalue weighted by molar-refractivity contribution is -0.126. The van der Waals surface area contributed by atoms with Crippen molar-refractivity contribution in [1.82, 2.24) is 15.5 Å². The number of likely N-dealkylation sites (tertiary alicyclic amines) is 1. The fourth-order valence-electron chi connectivity index (χ4n) is 3.60. The molecule has 1 aliphatic heterocycles.